The van der Waals surface area contributed by atoms with Crippen LogP contribution in [0.3, 0.4) is 0 Å². The number of nitrogens with one attached hydrogen (secondary N) is 1. The summed E-state index contributed by atoms with van der Waals surface area (Å²) in [6.45, 7) is 7.86. The lowest BCUT2D eigenvalue weighted by Gasteiger charge is -2.21. The molecule has 0 spiro atoms. The van der Waals surface area contributed by atoms with E-state index < -0.39 is 0 Å². The van der Waals surface area contributed by atoms with E-state index in [9.17, 15) is 4.79 Å². The molecule has 0 aliphatic carbocycles. The van der Waals surface area contributed by atoms with Crippen molar-refractivity contribution >= 4 is 22.6 Å². The van der Waals surface area contributed by atoms with Crippen LogP contribution in [0.5, 0.6) is 0 Å². The monoisotopic (exact) mass is 376 g/mol. The first-order chi connectivity index (χ1) is 12.5. The van der Waals surface area contributed by atoms with Gasteiger partial charge in [0.25, 0.3) is 0 Å². The molecule has 0 saturated carbocycles. The minimum Gasteiger partial charge on any atom is -0.383 e. The Morgan fingerprint density at radius 1 is 1.27 bits per heavy atom. The predicted octanol–water partition coefficient (Wildman–Crippen LogP) is 2.80. The van der Waals surface area contributed by atoms with Crippen LogP contribution >= 0.6 is 11.5 Å². The third-order valence-corrected chi connectivity index (χ3v) is 4.65. The minimum atomic E-state index is 0.0480. The van der Waals surface area contributed by atoms with Crippen molar-refractivity contribution in [3.63, 3.8) is 0 Å². The number of amides is 1. The summed E-state index contributed by atoms with van der Waals surface area (Å²) in [6.07, 6.45) is 1.14. The van der Waals surface area contributed by atoms with Crippen LogP contribution in [-0.4, -0.2) is 48.1 Å². The molecule has 0 unspecified atom stereocenters. The molecule has 0 bridgehead atoms. The van der Waals surface area contributed by atoms with Crippen molar-refractivity contribution in [3.8, 4) is 0 Å². The lowest BCUT2D eigenvalue weighted by molar-refractivity contribution is -0.121. The fraction of sp³-hybridized carbons (Fsp3) is 0.526. The molecule has 1 amide bonds. The van der Waals surface area contributed by atoms with Crippen molar-refractivity contribution in [1.82, 2.24) is 14.7 Å². The molecule has 26 heavy (non-hydrogen) atoms. The number of hydrogen-bond donors (Lipinski definition) is 1. The molecule has 6 nitrogen and oxygen atoms in total. The van der Waals surface area contributed by atoms with Gasteiger partial charge in [0, 0.05) is 50.6 Å². The molecule has 0 saturated heterocycles. The van der Waals surface area contributed by atoms with Crippen LogP contribution in [0.25, 0.3) is 0 Å². The average molecular weight is 377 g/mol. The summed E-state index contributed by atoms with van der Waals surface area (Å²) < 4.78 is 9.68. The molecule has 142 valence electrons. The van der Waals surface area contributed by atoms with Crippen molar-refractivity contribution in [2.45, 2.75) is 39.7 Å². The topological polar surface area (TPSA) is 67.3 Å². The highest BCUT2D eigenvalue weighted by atomic mass is 32.1. The lowest BCUT2D eigenvalue weighted by Crippen LogP contribution is -2.35. The molecule has 1 aromatic heterocycles. The number of nitrogens with zero attached hydrogens (tertiary/aromatic N) is 3. The quantitative estimate of drug-likeness (QED) is 0.691. The summed E-state index contributed by atoms with van der Waals surface area (Å²) in [5.74, 6) is 0.856. The maximum absolute atomic E-state index is 11.9. The second-order valence-corrected chi connectivity index (χ2v) is 7.34. The third-order valence-electron chi connectivity index (χ3n) is 3.83. The second kappa shape index (κ2) is 10.2. The van der Waals surface area contributed by atoms with Gasteiger partial charge in [-0.2, -0.15) is 4.37 Å². The summed E-state index contributed by atoms with van der Waals surface area (Å²) in [5.41, 5.74) is 2.44. The highest BCUT2D eigenvalue weighted by Crippen LogP contribution is 2.19. The van der Waals surface area contributed by atoms with Gasteiger partial charge < -0.3 is 15.0 Å². The molecule has 1 N–H and O–H groups in total. The smallest absolute Gasteiger partial charge is 0.221 e. The highest BCUT2D eigenvalue weighted by molar-refractivity contribution is 7.09. The van der Waals surface area contributed by atoms with Crippen LogP contribution in [-0.2, 0) is 16.0 Å². The molecule has 2 aromatic rings. The number of benzene rings is 1. The van der Waals surface area contributed by atoms with E-state index in [1.54, 1.807) is 7.11 Å². The number of anilines is 1. The Balaban J connectivity index is 1.99. The SMILES string of the molecule is COCCN(CCC(=O)NC(C)C)c1nc(Cc2ccc(C)cc2)ns1. The molecule has 0 aliphatic heterocycles. The molecule has 1 heterocycles. The zero-order valence-electron chi connectivity index (χ0n) is 16.0. The van der Waals surface area contributed by atoms with Crippen LogP contribution in [0, 0.1) is 6.92 Å². The van der Waals surface area contributed by atoms with Crippen LogP contribution in [0.2, 0.25) is 0 Å². The van der Waals surface area contributed by atoms with Gasteiger partial charge in [-0.3, -0.25) is 4.79 Å². The Morgan fingerprint density at radius 2 is 2.00 bits per heavy atom. The van der Waals surface area contributed by atoms with Crippen LogP contribution in [0.15, 0.2) is 24.3 Å². The van der Waals surface area contributed by atoms with Crippen LogP contribution in [0.4, 0.5) is 5.13 Å². The fourth-order valence-electron chi connectivity index (χ4n) is 2.47. The number of methoxy groups -OCH3 is 1. The molecule has 1 aromatic carbocycles. The Bertz CT molecular complexity index is 685. The maximum Gasteiger partial charge on any atom is 0.221 e. The van der Waals surface area contributed by atoms with Crippen LogP contribution < -0.4 is 10.2 Å². The molecule has 2 rings (SSSR count). The number of carbonyl (C=O) groups excluding carboxylic acids is 1. The first-order valence-corrected chi connectivity index (χ1v) is 9.66. The van der Waals surface area contributed by atoms with Crippen molar-refractivity contribution < 1.29 is 9.53 Å². The standard InChI is InChI=1S/C19H28N4O2S/c1-14(2)20-18(24)9-10-23(11-12-25-4)19-21-17(22-26-19)13-16-7-5-15(3)6-8-16/h5-8,14H,9-13H2,1-4H3,(H,20,24). The van der Waals surface area contributed by atoms with Gasteiger partial charge in [0.2, 0.25) is 11.0 Å². The van der Waals surface area contributed by atoms with E-state index in [0.29, 0.717) is 32.5 Å². The summed E-state index contributed by atoms with van der Waals surface area (Å²) in [7, 11) is 1.67. The zero-order valence-corrected chi connectivity index (χ0v) is 16.8. The van der Waals surface area contributed by atoms with Gasteiger partial charge in [-0.1, -0.05) is 29.8 Å². The summed E-state index contributed by atoms with van der Waals surface area (Å²) >= 11 is 1.37. The van der Waals surface area contributed by atoms with Crippen LogP contribution in [0.1, 0.15) is 37.2 Å². The number of hydrogen-bond acceptors (Lipinski definition) is 6. The first kappa shape index (κ1) is 20.3. The van der Waals surface area contributed by atoms with E-state index in [1.807, 2.05) is 13.8 Å². The molecular formula is C19H28N4O2S. The van der Waals surface area contributed by atoms with Crippen molar-refractivity contribution in [1.29, 1.82) is 0 Å². The molecule has 0 aliphatic rings. The van der Waals surface area contributed by atoms with Gasteiger partial charge in [0.15, 0.2) is 0 Å². The largest absolute Gasteiger partial charge is 0.383 e. The molecule has 7 heteroatoms. The normalized spacial score (nSPS) is 11.0. The lowest BCUT2D eigenvalue weighted by atomic mass is 10.1. The fourth-order valence-corrected chi connectivity index (χ4v) is 3.21. The summed E-state index contributed by atoms with van der Waals surface area (Å²) in [4.78, 5) is 18.7. The maximum atomic E-state index is 11.9. The summed E-state index contributed by atoms with van der Waals surface area (Å²) in [5, 5.41) is 3.75. The predicted molar refractivity (Wildman–Crippen MR) is 106 cm³/mol. The van der Waals surface area contributed by atoms with E-state index >= 15 is 0 Å². The Morgan fingerprint density at radius 3 is 2.65 bits per heavy atom. The van der Waals surface area contributed by atoms with Crippen molar-refractivity contribution in [2.75, 3.05) is 31.7 Å². The number of carbonyl (C=O) groups is 1. The molecular weight excluding hydrogens is 348 g/mol. The van der Waals surface area contributed by atoms with Gasteiger partial charge in [0.1, 0.15) is 5.82 Å². The van der Waals surface area contributed by atoms with E-state index in [0.717, 1.165) is 11.0 Å². The van der Waals surface area contributed by atoms with Crippen molar-refractivity contribution in [2.24, 2.45) is 0 Å². The van der Waals surface area contributed by atoms with Gasteiger partial charge in [-0.05, 0) is 26.3 Å². The van der Waals surface area contributed by atoms with E-state index in [-0.39, 0.29) is 11.9 Å². The van der Waals surface area contributed by atoms with E-state index in [4.69, 9.17) is 4.74 Å². The average Bonchev–Trinajstić information content (AvgIpc) is 3.05. The number of aromatic nitrogens is 2. The third kappa shape index (κ3) is 6.72. The molecule has 0 radical (unpaired) electrons. The number of aryl methyl sites for hydroxylation is 1. The summed E-state index contributed by atoms with van der Waals surface area (Å²) in [6, 6.07) is 8.56. The van der Waals surface area contributed by atoms with Gasteiger partial charge in [-0.25, -0.2) is 4.98 Å². The Hall–Kier alpha value is -1.99. The van der Waals surface area contributed by atoms with Gasteiger partial charge in [-0.15, -0.1) is 0 Å². The van der Waals surface area contributed by atoms with Gasteiger partial charge >= 0.3 is 0 Å². The Kier molecular flexibility index (Phi) is 8.00. The number of rotatable bonds is 10. The first-order valence-electron chi connectivity index (χ1n) is 8.89. The molecule has 0 atom stereocenters. The Labute approximate surface area is 159 Å². The van der Waals surface area contributed by atoms with E-state index in [2.05, 4.69) is 50.8 Å². The highest BCUT2D eigenvalue weighted by Gasteiger charge is 2.15. The van der Waals surface area contributed by atoms with Crippen molar-refractivity contribution in [3.05, 3.63) is 41.2 Å². The van der Waals surface area contributed by atoms with E-state index in [1.165, 1.54) is 22.7 Å². The van der Waals surface area contributed by atoms with Gasteiger partial charge in [0.05, 0.1) is 6.61 Å². The zero-order chi connectivity index (χ0) is 18.9. The minimum absolute atomic E-state index is 0.0480. The number of ether oxygens (including phenoxy) is 1. The molecule has 0 fully saturated rings. The second-order valence-electron chi connectivity index (χ2n) is 6.61.